The van der Waals surface area contributed by atoms with E-state index < -0.39 is 0 Å². The predicted octanol–water partition coefficient (Wildman–Crippen LogP) is 5.73. The molecule has 0 fully saturated rings. The molecule has 0 spiro atoms. The third-order valence-corrected chi connectivity index (χ3v) is 4.45. The van der Waals surface area contributed by atoms with Gasteiger partial charge in [-0.2, -0.15) is 0 Å². The van der Waals surface area contributed by atoms with Crippen molar-refractivity contribution in [1.29, 1.82) is 0 Å². The minimum atomic E-state index is 0.347. The summed E-state index contributed by atoms with van der Waals surface area (Å²) in [7, 11) is 0. The van der Waals surface area contributed by atoms with E-state index in [1.54, 1.807) is 18.2 Å². The molecule has 2 aromatic carbocycles. The van der Waals surface area contributed by atoms with Crippen LogP contribution in [0, 0.1) is 0 Å². The molecule has 0 atom stereocenters. The van der Waals surface area contributed by atoms with E-state index in [-0.39, 0.29) is 0 Å². The lowest BCUT2D eigenvalue weighted by Gasteiger charge is -2.15. The molecule has 1 N–H and O–H groups in total. The van der Waals surface area contributed by atoms with Gasteiger partial charge in [-0.1, -0.05) is 47.8 Å². The average molecular weight is 389 g/mol. The molecule has 6 heteroatoms. The van der Waals surface area contributed by atoms with Crippen LogP contribution in [-0.2, 0) is 13.2 Å². The second kappa shape index (κ2) is 9.38. The maximum atomic E-state index is 6.35. The second-order valence-electron chi connectivity index (χ2n) is 5.14. The summed E-state index contributed by atoms with van der Waals surface area (Å²) in [5, 5.41) is 4.92. The van der Waals surface area contributed by atoms with Crippen LogP contribution in [0.25, 0.3) is 0 Å². The number of rotatable bonds is 8. The molecule has 0 unspecified atom stereocenters. The molecule has 3 nitrogen and oxygen atoms in total. The summed E-state index contributed by atoms with van der Waals surface area (Å²) in [5.74, 6) is 1.28. The molecule has 0 heterocycles. The maximum Gasteiger partial charge on any atom is 0.163 e. The molecule has 0 aliphatic carbocycles. The van der Waals surface area contributed by atoms with E-state index in [0.717, 1.165) is 17.7 Å². The Kier molecular flexibility index (Phi) is 7.50. The van der Waals surface area contributed by atoms with Crippen LogP contribution in [0.4, 0.5) is 0 Å². The molecule has 0 amide bonds. The first-order chi connectivity index (χ1) is 11.5. The maximum absolute atomic E-state index is 6.35. The summed E-state index contributed by atoms with van der Waals surface area (Å²) in [5.41, 5.74) is 1.89. The Hall–Kier alpha value is -1.13. The summed E-state index contributed by atoms with van der Waals surface area (Å²) in [6.45, 7) is 6.43. The second-order valence-corrected chi connectivity index (χ2v) is 6.36. The molecule has 0 radical (unpaired) electrons. The van der Waals surface area contributed by atoms with Gasteiger partial charge in [0.2, 0.25) is 0 Å². The third-order valence-electron chi connectivity index (χ3n) is 3.36. The molecule has 0 aliphatic heterocycles. The lowest BCUT2D eigenvalue weighted by molar-refractivity contribution is 0.269. The highest BCUT2D eigenvalue weighted by Crippen LogP contribution is 2.34. The highest BCUT2D eigenvalue weighted by atomic mass is 35.5. The Balaban J connectivity index is 2.18. The Bertz CT molecular complexity index is 692. The first-order valence-electron chi connectivity index (χ1n) is 7.77. The fraction of sp³-hybridized carbons (Fsp3) is 0.333. The van der Waals surface area contributed by atoms with E-state index in [2.05, 4.69) is 5.32 Å². The first-order valence-corrected chi connectivity index (χ1v) is 8.91. The Morgan fingerprint density at radius 3 is 2.29 bits per heavy atom. The number of ether oxygens (including phenoxy) is 2. The summed E-state index contributed by atoms with van der Waals surface area (Å²) in [6.07, 6.45) is 0. The largest absolute Gasteiger partial charge is 0.490 e. The normalized spacial score (nSPS) is 10.7. The van der Waals surface area contributed by atoms with Gasteiger partial charge >= 0.3 is 0 Å². The predicted molar refractivity (Wildman–Crippen MR) is 101 cm³/mol. The molecule has 0 aliphatic rings. The van der Waals surface area contributed by atoms with Gasteiger partial charge in [-0.3, -0.25) is 0 Å². The van der Waals surface area contributed by atoms with E-state index in [9.17, 15) is 0 Å². The van der Waals surface area contributed by atoms with Crippen molar-refractivity contribution in [3.05, 3.63) is 56.5 Å². The molecule has 130 valence electrons. The minimum Gasteiger partial charge on any atom is -0.490 e. The zero-order valence-corrected chi connectivity index (χ0v) is 15.9. The van der Waals surface area contributed by atoms with E-state index in [0.29, 0.717) is 46.3 Å². The van der Waals surface area contributed by atoms with E-state index in [1.165, 1.54) is 0 Å². The lowest BCUT2D eigenvalue weighted by Crippen LogP contribution is -2.12. The van der Waals surface area contributed by atoms with Gasteiger partial charge in [-0.25, -0.2) is 0 Å². The molecule has 0 saturated heterocycles. The first kappa shape index (κ1) is 19.2. The average Bonchev–Trinajstić information content (AvgIpc) is 2.56. The Morgan fingerprint density at radius 2 is 1.62 bits per heavy atom. The van der Waals surface area contributed by atoms with E-state index >= 15 is 0 Å². The molecule has 0 bridgehead atoms. The van der Waals surface area contributed by atoms with Crippen molar-refractivity contribution in [3.63, 3.8) is 0 Å². The number of hydrogen-bond acceptors (Lipinski definition) is 3. The number of hydrogen-bond donors (Lipinski definition) is 1. The van der Waals surface area contributed by atoms with Crippen LogP contribution in [0.1, 0.15) is 25.0 Å². The van der Waals surface area contributed by atoms with Gasteiger partial charge < -0.3 is 14.8 Å². The monoisotopic (exact) mass is 387 g/mol. The summed E-state index contributed by atoms with van der Waals surface area (Å²) in [4.78, 5) is 0. The van der Waals surface area contributed by atoms with Gasteiger partial charge in [0.1, 0.15) is 6.61 Å². The van der Waals surface area contributed by atoms with Gasteiger partial charge in [0.15, 0.2) is 11.5 Å². The zero-order valence-electron chi connectivity index (χ0n) is 13.7. The van der Waals surface area contributed by atoms with Gasteiger partial charge in [0, 0.05) is 17.6 Å². The molecule has 2 aromatic rings. The molecule has 0 aromatic heterocycles. The van der Waals surface area contributed by atoms with Crippen LogP contribution in [0.15, 0.2) is 30.3 Å². The van der Waals surface area contributed by atoms with Gasteiger partial charge in [0.05, 0.1) is 16.7 Å². The van der Waals surface area contributed by atoms with Gasteiger partial charge in [0.25, 0.3) is 0 Å². The van der Waals surface area contributed by atoms with Crippen molar-refractivity contribution >= 4 is 34.8 Å². The quantitative estimate of drug-likeness (QED) is 0.626. The van der Waals surface area contributed by atoms with Crippen LogP contribution < -0.4 is 14.8 Å². The van der Waals surface area contributed by atoms with Gasteiger partial charge in [-0.15, -0.1) is 0 Å². The highest BCUT2D eigenvalue weighted by Gasteiger charge is 2.11. The summed E-state index contributed by atoms with van der Waals surface area (Å²) >= 11 is 18.3. The number of benzene rings is 2. The van der Waals surface area contributed by atoms with Crippen molar-refractivity contribution in [2.24, 2.45) is 0 Å². The van der Waals surface area contributed by atoms with Crippen molar-refractivity contribution in [3.8, 4) is 11.5 Å². The van der Waals surface area contributed by atoms with Crippen molar-refractivity contribution in [2.45, 2.75) is 27.0 Å². The van der Waals surface area contributed by atoms with Crippen molar-refractivity contribution in [2.75, 3.05) is 13.2 Å². The Labute approximate surface area is 157 Å². The molecular weight excluding hydrogens is 369 g/mol. The lowest BCUT2D eigenvalue weighted by atomic mass is 10.2. The van der Waals surface area contributed by atoms with Crippen LogP contribution in [0.2, 0.25) is 15.1 Å². The number of nitrogens with one attached hydrogen (secondary N) is 1. The fourth-order valence-corrected chi connectivity index (χ4v) is 2.69. The molecule has 0 saturated carbocycles. The standard InChI is InChI=1S/C18H20Cl3NO2/c1-3-22-10-13-8-17(23-4-2)18(9-15(13)20)24-11-12-5-6-14(19)16(21)7-12/h5-9,22H,3-4,10-11H2,1-2H3. The molecule has 2 rings (SSSR count). The minimum absolute atomic E-state index is 0.347. The smallest absolute Gasteiger partial charge is 0.163 e. The SMILES string of the molecule is CCNCc1cc(OCC)c(OCc2ccc(Cl)c(Cl)c2)cc1Cl. The van der Waals surface area contributed by atoms with Crippen LogP contribution in [-0.4, -0.2) is 13.2 Å². The van der Waals surface area contributed by atoms with Gasteiger partial charge in [-0.05, 0) is 42.8 Å². The van der Waals surface area contributed by atoms with Crippen molar-refractivity contribution < 1.29 is 9.47 Å². The highest BCUT2D eigenvalue weighted by molar-refractivity contribution is 6.42. The van der Waals surface area contributed by atoms with Crippen LogP contribution >= 0.6 is 34.8 Å². The third kappa shape index (κ3) is 5.18. The summed E-state index contributed by atoms with van der Waals surface area (Å²) in [6, 6.07) is 9.11. The molecule has 24 heavy (non-hydrogen) atoms. The topological polar surface area (TPSA) is 30.5 Å². The van der Waals surface area contributed by atoms with Crippen LogP contribution in [0.3, 0.4) is 0 Å². The van der Waals surface area contributed by atoms with E-state index in [1.807, 2.05) is 26.0 Å². The van der Waals surface area contributed by atoms with Crippen LogP contribution in [0.5, 0.6) is 11.5 Å². The van der Waals surface area contributed by atoms with Crippen molar-refractivity contribution in [1.82, 2.24) is 5.32 Å². The van der Waals surface area contributed by atoms with E-state index in [4.69, 9.17) is 44.3 Å². The molecular formula is C18H20Cl3NO2. The summed E-state index contributed by atoms with van der Waals surface area (Å²) < 4.78 is 11.6. The number of halogens is 3. The fourth-order valence-electron chi connectivity index (χ4n) is 2.14. The zero-order chi connectivity index (χ0) is 17.5. The Morgan fingerprint density at radius 1 is 0.875 bits per heavy atom.